The molecule has 7 heteroatoms. The Morgan fingerprint density at radius 1 is 1.35 bits per heavy atom. The highest BCUT2D eigenvalue weighted by Crippen LogP contribution is 2.30. The largest absolute Gasteiger partial charge is 0.459 e. The molecule has 0 radical (unpaired) electrons. The Bertz CT molecular complexity index is 814. The molecule has 1 N–H and O–H groups in total. The van der Waals surface area contributed by atoms with Gasteiger partial charge in [-0.25, -0.2) is 9.37 Å². The molecule has 0 aliphatic carbocycles. The summed E-state index contributed by atoms with van der Waals surface area (Å²) in [6.45, 7) is 1.22. The molecule has 0 spiro atoms. The van der Waals surface area contributed by atoms with Gasteiger partial charge in [0.1, 0.15) is 11.3 Å². The first-order valence-corrected chi connectivity index (χ1v) is 8.07. The number of thiazole rings is 1. The van der Waals surface area contributed by atoms with E-state index in [1.807, 2.05) is 14.1 Å². The lowest BCUT2D eigenvalue weighted by molar-refractivity contribution is -0.856. The second-order valence-electron chi connectivity index (χ2n) is 5.47. The number of para-hydroxylation sites is 1. The first-order valence-electron chi connectivity index (χ1n) is 7.25. The van der Waals surface area contributed by atoms with Crippen molar-refractivity contribution in [3.05, 3.63) is 48.2 Å². The van der Waals surface area contributed by atoms with Crippen LogP contribution >= 0.6 is 11.3 Å². The first-order chi connectivity index (χ1) is 11.1. The third-order valence-electron chi connectivity index (χ3n) is 3.40. The number of aromatic nitrogens is 1. The van der Waals surface area contributed by atoms with E-state index in [9.17, 15) is 9.18 Å². The number of anilines is 1. The molecule has 5 nitrogen and oxygen atoms in total. The SMILES string of the molecule is C[NH+](C)CCN(C(=O)c1ccco1)c1nc2c(F)cccc2s1. The zero-order valence-electron chi connectivity index (χ0n) is 12.9. The molecule has 0 fully saturated rings. The third-order valence-corrected chi connectivity index (χ3v) is 4.45. The molecule has 3 rings (SSSR count). The number of rotatable bonds is 5. The second kappa shape index (κ2) is 6.47. The van der Waals surface area contributed by atoms with Crippen molar-refractivity contribution in [2.45, 2.75) is 0 Å². The van der Waals surface area contributed by atoms with Gasteiger partial charge in [-0.15, -0.1) is 0 Å². The summed E-state index contributed by atoms with van der Waals surface area (Å²) in [5.41, 5.74) is 0.293. The van der Waals surface area contributed by atoms with E-state index in [0.29, 0.717) is 17.2 Å². The van der Waals surface area contributed by atoms with E-state index in [1.165, 1.54) is 28.6 Å². The van der Waals surface area contributed by atoms with E-state index in [4.69, 9.17) is 4.42 Å². The van der Waals surface area contributed by atoms with Crippen molar-refractivity contribution in [1.82, 2.24) is 4.98 Å². The van der Waals surface area contributed by atoms with Gasteiger partial charge in [0.25, 0.3) is 5.91 Å². The molecule has 0 atom stereocenters. The van der Waals surface area contributed by atoms with E-state index in [0.717, 1.165) is 11.2 Å². The molecule has 23 heavy (non-hydrogen) atoms. The molecule has 3 aromatic rings. The number of fused-ring (bicyclic) bond motifs is 1. The predicted molar refractivity (Wildman–Crippen MR) is 87.6 cm³/mol. The minimum absolute atomic E-state index is 0.249. The summed E-state index contributed by atoms with van der Waals surface area (Å²) in [7, 11) is 4.02. The number of nitrogens with one attached hydrogen (secondary N) is 1. The van der Waals surface area contributed by atoms with Crippen LogP contribution in [0.15, 0.2) is 41.0 Å². The topological polar surface area (TPSA) is 50.8 Å². The maximum Gasteiger partial charge on any atom is 0.295 e. The van der Waals surface area contributed by atoms with Crippen LogP contribution in [-0.2, 0) is 0 Å². The fourth-order valence-electron chi connectivity index (χ4n) is 2.17. The molecule has 1 aromatic carbocycles. The van der Waals surface area contributed by atoms with Crippen LogP contribution in [0.1, 0.15) is 10.6 Å². The summed E-state index contributed by atoms with van der Waals surface area (Å²) in [6, 6.07) is 8.09. The van der Waals surface area contributed by atoms with Crippen molar-refractivity contribution in [2.24, 2.45) is 0 Å². The van der Waals surface area contributed by atoms with Gasteiger partial charge in [-0.05, 0) is 24.3 Å². The second-order valence-corrected chi connectivity index (χ2v) is 6.48. The standard InChI is InChI=1S/C16H16FN3O2S/c1-19(2)8-9-20(15(21)12-6-4-10-22-12)16-18-14-11(17)5-3-7-13(14)23-16/h3-7,10H,8-9H2,1-2H3/p+1. The maximum absolute atomic E-state index is 13.9. The molecule has 1 amide bonds. The fraction of sp³-hybridized carbons (Fsp3) is 0.250. The monoisotopic (exact) mass is 334 g/mol. The van der Waals surface area contributed by atoms with E-state index >= 15 is 0 Å². The van der Waals surface area contributed by atoms with Gasteiger partial charge in [0, 0.05) is 0 Å². The lowest BCUT2D eigenvalue weighted by atomic mass is 10.3. The Morgan fingerprint density at radius 3 is 2.83 bits per heavy atom. The number of halogens is 1. The number of furan rings is 1. The van der Waals surface area contributed by atoms with Gasteiger partial charge in [0.2, 0.25) is 0 Å². The van der Waals surface area contributed by atoms with Crippen LogP contribution in [0.3, 0.4) is 0 Å². The van der Waals surface area contributed by atoms with E-state index in [2.05, 4.69) is 4.98 Å². The average Bonchev–Trinajstić information content (AvgIpc) is 3.16. The van der Waals surface area contributed by atoms with Crippen molar-refractivity contribution >= 4 is 32.6 Å². The summed E-state index contributed by atoms with van der Waals surface area (Å²) >= 11 is 1.30. The predicted octanol–water partition coefficient (Wildman–Crippen LogP) is 1.82. The minimum Gasteiger partial charge on any atom is -0.459 e. The number of quaternary nitrogens is 1. The summed E-state index contributed by atoms with van der Waals surface area (Å²) < 4.78 is 19.8. The maximum atomic E-state index is 13.9. The van der Waals surface area contributed by atoms with Crippen molar-refractivity contribution in [2.75, 3.05) is 32.1 Å². The molecule has 2 heterocycles. The molecule has 0 aliphatic rings. The highest BCUT2D eigenvalue weighted by molar-refractivity contribution is 7.22. The Balaban J connectivity index is 1.98. The summed E-state index contributed by atoms with van der Waals surface area (Å²) in [4.78, 5) is 19.8. The van der Waals surface area contributed by atoms with Crippen LogP contribution in [-0.4, -0.2) is 38.1 Å². The van der Waals surface area contributed by atoms with E-state index in [-0.39, 0.29) is 17.5 Å². The lowest BCUT2D eigenvalue weighted by Gasteiger charge is -2.19. The van der Waals surface area contributed by atoms with Gasteiger partial charge in [0.05, 0.1) is 38.1 Å². The number of nitrogens with zero attached hydrogens (tertiary/aromatic N) is 2. The van der Waals surface area contributed by atoms with Crippen LogP contribution in [0.5, 0.6) is 0 Å². The molecule has 0 aliphatic heterocycles. The van der Waals surface area contributed by atoms with Gasteiger partial charge in [-0.2, -0.15) is 0 Å². The number of hydrogen-bond acceptors (Lipinski definition) is 4. The van der Waals surface area contributed by atoms with E-state index < -0.39 is 0 Å². The van der Waals surface area contributed by atoms with Crippen LogP contribution in [0.25, 0.3) is 10.2 Å². The highest BCUT2D eigenvalue weighted by Gasteiger charge is 2.24. The molecule has 2 aromatic heterocycles. The molecule has 0 unspecified atom stereocenters. The molecule has 0 bridgehead atoms. The van der Waals surface area contributed by atoms with Crippen LogP contribution in [0, 0.1) is 5.82 Å². The zero-order valence-corrected chi connectivity index (χ0v) is 13.7. The molecular weight excluding hydrogens is 317 g/mol. The summed E-state index contributed by atoms with van der Waals surface area (Å²) in [6.07, 6.45) is 1.46. The Hall–Kier alpha value is -2.25. The number of hydrogen-bond donors (Lipinski definition) is 1. The smallest absolute Gasteiger partial charge is 0.295 e. The fourth-order valence-corrected chi connectivity index (χ4v) is 3.18. The number of amides is 1. The van der Waals surface area contributed by atoms with Crippen LogP contribution < -0.4 is 9.80 Å². The Morgan fingerprint density at radius 2 is 2.17 bits per heavy atom. The van der Waals surface area contributed by atoms with Crippen molar-refractivity contribution in [3.8, 4) is 0 Å². The zero-order chi connectivity index (χ0) is 16.4. The van der Waals surface area contributed by atoms with Crippen molar-refractivity contribution in [3.63, 3.8) is 0 Å². The molecule has 0 saturated heterocycles. The number of carbonyl (C=O) groups is 1. The summed E-state index contributed by atoms with van der Waals surface area (Å²) in [5.74, 6) is -0.400. The van der Waals surface area contributed by atoms with Gasteiger partial charge in [0.15, 0.2) is 10.9 Å². The number of benzene rings is 1. The van der Waals surface area contributed by atoms with E-state index in [1.54, 1.807) is 29.2 Å². The van der Waals surface area contributed by atoms with Gasteiger partial charge in [-0.1, -0.05) is 17.4 Å². The molecule has 0 saturated carbocycles. The summed E-state index contributed by atoms with van der Waals surface area (Å²) in [5, 5.41) is 0.479. The van der Waals surface area contributed by atoms with Gasteiger partial charge in [-0.3, -0.25) is 9.69 Å². The normalized spacial score (nSPS) is 11.3. The Kier molecular flexibility index (Phi) is 4.40. The minimum atomic E-state index is -0.381. The first kappa shape index (κ1) is 15.6. The highest BCUT2D eigenvalue weighted by atomic mass is 32.1. The van der Waals surface area contributed by atoms with Crippen LogP contribution in [0.4, 0.5) is 9.52 Å². The quantitative estimate of drug-likeness (QED) is 0.774. The van der Waals surface area contributed by atoms with Crippen LogP contribution in [0.2, 0.25) is 0 Å². The van der Waals surface area contributed by atoms with Gasteiger partial charge < -0.3 is 9.32 Å². The van der Waals surface area contributed by atoms with Crippen molar-refractivity contribution in [1.29, 1.82) is 0 Å². The number of likely N-dealkylation sites (N-methyl/N-ethyl adjacent to an activating group) is 1. The molecule has 120 valence electrons. The lowest BCUT2D eigenvalue weighted by Crippen LogP contribution is -3.06. The number of carbonyl (C=O) groups excluding carboxylic acids is 1. The van der Waals surface area contributed by atoms with Crippen molar-refractivity contribution < 1.29 is 18.5 Å². The third kappa shape index (κ3) is 3.25. The molecular formula is C16H17FN3O2S+. The van der Waals surface area contributed by atoms with Gasteiger partial charge >= 0.3 is 0 Å². The Labute approximate surface area is 136 Å². The average molecular weight is 334 g/mol.